The van der Waals surface area contributed by atoms with E-state index in [-0.39, 0.29) is 4.90 Å². The Morgan fingerprint density at radius 3 is 2.20 bits per heavy atom. The number of nitrogens with one attached hydrogen (secondary N) is 1. The largest absolute Gasteiger partial charge is 0.240 e. The third-order valence-corrected chi connectivity index (χ3v) is 5.71. The molecule has 0 aromatic heterocycles. The van der Waals surface area contributed by atoms with Crippen LogP contribution >= 0.6 is 11.6 Å². The Morgan fingerprint density at radius 1 is 1.15 bits per heavy atom. The molecule has 0 heterocycles. The molecule has 0 aliphatic rings. The Bertz CT molecular complexity index is 545. The zero-order chi connectivity index (χ0) is 15.5. The molecule has 1 aromatic carbocycles. The molecule has 0 amide bonds. The maximum absolute atomic E-state index is 12.4. The summed E-state index contributed by atoms with van der Waals surface area (Å²) in [5, 5.41) is 0.470. The minimum Gasteiger partial charge on any atom is -0.211 e. The zero-order valence-electron chi connectivity index (χ0n) is 12.8. The summed E-state index contributed by atoms with van der Waals surface area (Å²) in [4.78, 5) is 0.260. The zero-order valence-corrected chi connectivity index (χ0v) is 14.3. The van der Waals surface area contributed by atoms with Crippen LogP contribution in [0.4, 0.5) is 0 Å². The second-order valence-electron chi connectivity index (χ2n) is 5.87. The molecule has 5 heteroatoms. The van der Waals surface area contributed by atoms with Crippen LogP contribution in [0, 0.1) is 24.7 Å². The molecule has 0 saturated carbocycles. The lowest BCUT2D eigenvalue weighted by molar-refractivity contribution is 0.289. The van der Waals surface area contributed by atoms with Gasteiger partial charge in [-0.15, -0.1) is 0 Å². The molecule has 0 bridgehead atoms. The van der Waals surface area contributed by atoms with Gasteiger partial charge in [-0.3, -0.25) is 0 Å². The van der Waals surface area contributed by atoms with E-state index in [1.807, 2.05) is 0 Å². The van der Waals surface area contributed by atoms with Crippen molar-refractivity contribution in [2.45, 2.75) is 39.5 Å². The van der Waals surface area contributed by atoms with Crippen molar-refractivity contribution in [2.24, 2.45) is 17.8 Å². The predicted octanol–water partition coefficient (Wildman–Crippen LogP) is 3.85. The average molecular weight is 318 g/mol. The highest BCUT2D eigenvalue weighted by atomic mass is 35.5. The van der Waals surface area contributed by atoms with E-state index in [4.69, 9.17) is 11.6 Å². The van der Waals surface area contributed by atoms with Gasteiger partial charge in [0.1, 0.15) is 0 Å². The van der Waals surface area contributed by atoms with Crippen LogP contribution in [0.15, 0.2) is 23.1 Å². The summed E-state index contributed by atoms with van der Waals surface area (Å²) >= 11 is 5.99. The summed E-state index contributed by atoms with van der Waals surface area (Å²) in [6, 6.07) is 4.94. The third kappa shape index (κ3) is 4.21. The Morgan fingerprint density at radius 2 is 1.70 bits per heavy atom. The lowest BCUT2D eigenvalue weighted by Gasteiger charge is -2.25. The Hall–Kier alpha value is -0.580. The Balaban J connectivity index is 2.93. The molecule has 0 unspecified atom stereocenters. The first-order chi connectivity index (χ1) is 9.16. The van der Waals surface area contributed by atoms with Gasteiger partial charge in [0, 0.05) is 11.6 Å². The number of benzene rings is 1. The number of halogens is 1. The highest BCUT2D eigenvalue weighted by molar-refractivity contribution is 7.89. The highest BCUT2D eigenvalue weighted by Crippen LogP contribution is 2.24. The fourth-order valence-electron chi connectivity index (χ4n) is 2.40. The molecule has 0 spiro atoms. The minimum absolute atomic E-state index is 0.260. The first kappa shape index (κ1) is 17.5. The van der Waals surface area contributed by atoms with Gasteiger partial charge in [0.05, 0.1) is 4.90 Å². The average Bonchev–Trinajstić information content (AvgIpc) is 2.31. The van der Waals surface area contributed by atoms with Crippen LogP contribution in [-0.4, -0.2) is 15.0 Å². The van der Waals surface area contributed by atoms with Gasteiger partial charge in [-0.1, -0.05) is 45.4 Å². The van der Waals surface area contributed by atoms with E-state index in [1.54, 1.807) is 25.1 Å². The molecule has 0 saturated heterocycles. The molecule has 20 heavy (non-hydrogen) atoms. The van der Waals surface area contributed by atoms with Gasteiger partial charge >= 0.3 is 0 Å². The molecule has 0 aliphatic carbocycles. The fourth-order valence-corrected chi connectivity index (χ4v) is 3.97. The van der Waals surface area contributed by atoms with Crippen molar-refractivity contribution in [3.63, 3.8) is 0 Å². The number of hydrogen-bond donors (Lipinski definition) is 1. The van der Waals surface area contributed by atoms with Crippen LogP contribution in [0.3, 0.4) is 0 Å². The summed E-state index contributed by atoms with van der Waals surface area (Å²) in [6.07, 6.45) is 0. The van der Waals surface area contributed by atoms with Crippen LogP contribution in [-0.2, 0) is 10.0 Å². The first-order valence-corrected chi connectivity index (χ1v) is 8.77. The van der Waals surface area contributed by atoms with Crippen molar-refractivity contribution in [1.29, 1.82) is 0 Å². The fraction of sp³-hybridized carbons (Fsp3) is 0.600. The molecule has 0 radical (unpaired) electrons. The molecular formula is C15H24ClNO2S. The molecule has 1 aromatic rings. The molecule has 1 rings (SSSR count). The van der Waals surface area contributed by atoms with Gasteiger partial charge < -0.3 is 0 Å². The van der Waals surface area contributed by atoms with E-state index in [9.17, 15) is 8.42 Å². The lowest BCUT2D eigenvalue weighted by Crippen LogP contribution is -2.34. The third-order valence-electron chi connectivity index (χ3n) is 3.73. The van der Waals surface area contributed by atoms with E-state index in [1.165, 1.54) is 0 Å². The summed E-state index contributed by atoms with van der Waals surface area (Å²) in [7, 11) is -3.51. The van der Waals surface area contributed by atoms with Crippen molar-refractivity contribution in [3.8, 4) is 0 Å². The molecule has 0 aliphatic heterocycles. The van der Waals surface area contributed by atoms with E-state index in [2.05, 4.69) is 32.4 Å². The minimum atomic E-state index is -3.51. The SMILES string of the molecule is Cc1c(Cl)cccc1S(=O)(=O)NCC(C(C)C)C(C)C. The number of rotatable bonds is 6. The monoisotopic (exact) mass is 317 g/mol. The number of hydrogen-bond acceptors (Lipinski definition) is 2. The van der Waals surface area contributed by atoms with Gasteiger partial charge in [-0.05, 0) is 42.4 Å². The Labute approximate surface area is 127 Å². The second-order valence-corrected chi connectivity index (χ2v) is 8.01. The van der Waals surface area contributed by atoms with Crippen LogP contribution in [0.1, 0.15) is 33.3 Å². The van der Waals surface area contributed by atoms with E-state index in [0.717, 1.165) is 0 Å². The van der Waals surface area contributed by atoms with Crippen molar-refractivity contribution in [2.75, 3.05) is 6.54 Å². The van der Waals surface area contributed by atoms with Crippen LogP contribution in [0.2, 0.25) is 5.02 Å². The van der Waals surface area contributed by atoms with Crippen LogP contribution < -0.4 is 4.72 Å². The van der Waals surface area contributed by atoms with Crippen LogP contribution in [0.5, 0.6) is 0 Å². The highest BCUT2D eigenvalue weighted by Gasteiger charge is 2.23. The molecule has 1 N–H and O–H groups in total. The summed E-state index contributed by atoms with van der Waals surface area (Å²) in [5.74, 6) is 1.17. The molecule has 114 valence electrons. The smallest absolute Gasteiger partial charge is 0.211 e. The van der Waals surface area contributed by atoms with Gasteiger partial charge in [-0.25, -0.2) is 13.1 Å². The standard InChI is InChI=1S/C15H24ClNO2S/c1-10(2)13(11(3)4)9-17-20(18,19)15-8-6-7-14(16)12(15)5/h6-8,10-11,13,17H,9H2,1-5H3. The topological polar surface area (TPSA) is 46.2 Å². The second kappa shape index (κ2) is 6.92. The maximum atomic E-state index is 12.4. The van der Waals surface area contributed by atoms with E-state index < -0.39 is 10.0 Å². The predicted molar refractivity (Wildman–Crippen MR) is 84.5 cm³/mol. The molecule has 0 atom stereocenters. The van der Waals surface area contributed by atoms with Crippen molar-refractivity contribution in [3.05, 3.63) is 28.8 Å². The summed E-state index contributed by atoms with van der Waals surface area (Å²) < 4.78 is 27.5. The van der Waals surface area contributed by atoms with Gasteiger partial charge in [-0.2, -0.15) is 0 Å². The first-order valence-electron chi connectivity index (χ1n) is 6.91. The normalized spacial score (nSPS) is 12.7. The van der Waals surface area contributed by atoms with E-state index in [0.29, 0.717) is 34.9 Å². The van der Waals surface area contributed by atoms with Gasteiger partial charge in [0.2, 0.25) is 10.0 Å². The molecular weight excluding hydrogens is 294 g/mol. The van der Waals surface area contributed by atoms with Crippen molar-refractivity contribution < 1.29 is 8.42 Å². The maximum Gasteiger partial charge on any atom is 0.240 e. The van der Waals surface area contributed by atoms with Gasteiger partial charge in [0.25, 0.3) is 0 Å². The lowest BCUT2D eigenvalue weighted by atomic mass is 9.86. The van der Waals surface area contributed by atoms with Crippen molar-refractivity contribution >= 4 is 21.6 Å². The summed E-state index contributed by atoms with van der Waals surface area (Å²) in [5.41, 5.74) is 0.590. The van der Waals surface area contributed by atoms with E-state index >= 15 is 0 Å². The quantitative estimate of drug-likeness (QED) is 0.866. The van der Waals surface area contributed by atoms with Crippen molar-refractivity contribution in [1.82, 2.24) is 4.72 Å². The molecule has 3 nitrogen and oxygen atoms in total. The Kier molecular flexibility index (Phi) is 6.05. The number of sulfonamides is 1. The summed E-state index contributed by atoms with van der Waals surface area (Å²) in [6.45, 7) is 10.6. The van der Waals surface area contributed by atoms with Gasteiger partial charge in [0.15, 0.2) is 0 Å². The molecule has 0 fully saturated rings. The van der Waals surface area contributed by atoms with Crippen LogP contribution in [0.25, 0.3) is 0 Å².